The summed E-state index contributed by atoms with van der Waals surface area (Å²) in [6, 6.07) is 10.1. The highest BCUT2D eigenvalue weighted by molar-refractivity contribution is 5.94. The minimum Gasteiger partial charge on any atom is -0.308 e. The molecule has 4 aliphatic carbocycles. The van der Waals surface area contributed by atoms with Crippen LogP contribution in [0.3, 0.4) is 0 Å². The Kier molecular flexibility index (Phi) is 6.78. The molecule has 2 atom stereocenters. The summed E-state index contributed by atoms with van der Waals surface area (Å²) < 4.78 is 29.9. The first-order valence-electron chi connectivity index (χ1n) is 13.8. The smallest absolute Gasteiger partial charge is 0.242 e. The zero-order valence-electron chi connectivity index (χ0n) is 21.8. The normalized spacial score (nSPS) is 24.2. The van der Waals surface area contributed by atoms with Crippen LogP contribution in [0.1, 0.15) is 62.1 Å². The molecule has 0 aliphatic heterocycles. The molecule has 0 saturated heterocycles. The summed E-state index contributed by atoms with van der Waals surface area (Å²) in [6.07, 6.45) is 10.7. The second-order valence-electron chi connectivity index (χ2n) is 11.4. The van der Waals surface area contributed by atoms with Crippen LogP contribution >= 0.6 is 0 Å². The first-order valence-corrected chi connectivity index (χ1v) is 13.8. The van der Waals surface area contributed by atoms with Crippen molar-refractivity contribution in [3.05, 3.63) is 77.2 Å². The predicted octanol–water partition coefficient (Wildman–Crippen LogP) is 5.05. The molecule has 200 valence electrons. The fraction of sp³-hybridized carbons (Fsp3) is 0.467. The van der Waals surface area contributed by atoms with E-state index in [-0.39, 0.29) is 11.9 Å². The Morgan fingerprint density at radius 3 is 2.79 bits per heavy atom. The van der Waals surface area contributed by atoms with E-state index in [0.29, 0.717) is 36.2 Å². The number of aromatic nitrogens is 2. The number of carbonyl (C=O) groups is 1. The van der Waals surface area contributed by atoms with Crippen LogP contribution in [0, 0.1) is 17.6 Å². The number of hydrogen-bond donors (Lipinski definition) is 3. The summed E-state index contributed by atoms with van der Waals surface area (Å²) in [5.41, 5.74) is 3.87. The molecule has 0 spiro atoms. The van der Waals surface area contributed by atoms with Gasteiger partial charge < -0.3 is 20.5 Å². The van der Waals surface area contributed by atoms with E-state index in [9.17, 15) is 13.6 Å². The minimum atomic E-state index is -0.538. The van der Waals surface area contributed by atoms with Crippen molar-refractivity contribution in [2.24, 2.45) is 5.92 Å². The Balaban J connectivity index is 1.10. The molecule has 1 aromatic heterocycles. The maximum atomic E-state index is 14.4. The molecule has 2 bridgehead atoms. The molecule has 1 amide bonds. The first kappa shape index (κ1) is 25.2. The third kappa shape index (κ3) is 4.99. The highest BCUT2D eigenvalue weighted by Gasteiger charge is 2.56. The number of anilines is 1. The number of nitrogens with zero attached hydrogens (tertiary/aromatic N) is 2. The van der Waals surface area contributed by atoms with Gasteiger partial charge in [-0.3, -0.25) is 4.79 Å². The number of rotatable bonds is 10. The van der Waals surface area contributed by atoms with E-state index >= 15 is 0 Å². The third-order valence-corrected chi connectivity index (χ3v) is 8.59. The Bertz CT molecular complexity index is 1320. The van der Waals surface area contributed by atoms with Gasteiger partial charge >= 0.3 is 0 Å². The van der Waals surface area contributed by atoms with E-state index in [1.54, 1.807) is 6.33 Å². The van der Waals surface area contributed by atoms with Gasteiger partial charge in [0.25, 0.3) is 0 Å². The highest BCUT2D eigenvalue weighted by Crippen LogP contribution is 2.57. The number of halogens is 2. The summed E-state index contributed by atoms with van der Waals surface area (Å²) in [4.78, 5) is 17.7. The molecule has 6 nitrogen and oxygen atoms in total. The predicted molar refractivity (Wildman–Crippen MR) is 143 cm³/mol. The molecule has 0 unspecified atom stereocenters. The molecule has 2 aromatic carbocycles. The largest absolute Gasteiger partial charge is 0.308 e. The van der Waals surface area contributed by atoms with Crippen molar-refractivity contribution in [3.8, 4) is 5.69 Å². The van der Waals surface area contributed by atoms with Crippen LogP contribution in [0.2, 0.25) is 0 Å². The Morgan fingerprint density at radius 1 is 1.21 bits per heavy atom. The van der Waals surface area contributed by atoms with Crippen LogP contribution in [-0.2, 0) is 24.2 Å². The lowest BCUT2D eigenvalue weighted by atomic mass is 9.50. The lowest BCUT2D eigenvalue weighted by Crippen LogP contribution is -2.66. The number of benzene rings is 2. The van der Waals surface area contributed by atoms with E-state index in [4.69, 9.17) is 0 Å². The third-order valence-electron chi connectivity index (χ3n) is 8.59. The van der Waals surface area contributed by atoms with Crippen LogP contribution in [0.15, 0.2) is 48.9 Å². The van der Waals surface area contributed by atoms with Crippen molar-refractivity contribution in [3.63, 3.8) is 0 Å². The van der Waals surface area contributed by atoms with E-state index in [1.165, 1.54) is 30.9 Å². The standard InChI is InChI=1S/C30H35F2N5O/c1-2-5-26(35-23-9-8-20-10-22(31)11-25(32)24(20)12-23)29(38)36-28-17-37(18-33-28)27-7-4-3-6-21(27)16-34-30-13-19(14-30)15-30/h3-4,6-7,10-11,17-19,23,26,34-35H,2,5,8-9,12-16H2,1H3,(H,36,38)/t19?,23-,26-,30?/m0/s1. The molecule has 3 saturated carbocycles. The van der Waals surface area contributed by atoms with Gasteiger partial charge in [-0.1, -0.05) is 31.5 Å². The number of para-hydroxylation sites is 1. The van der Waals surface area contributed by atoms with Crippen molar-refractivity contribution >= 4 is 11.7 Å². The molecule has 3 N–H and O–H groups in total. The molecule has 3 aromatic rings. The fourth-order valence-corrected chi connectivity index (χ4v) is 6.41. The summed E-state index contributed by atoms with van der Waals surface area (Å²) in [5, 5.41) is 10.2. The topological polar surface area (TPSA) is 71.0 Å². The molecule has 4 aliphatic rings. The van der Waals surface area contributed by atoms with Gasteiger partial charge in [0, 0.05) is 24.2 Å². The summed E-state index contributed by atoms with van der Waals surface area (Å²) in [5.74, 6) is 0.233. The number of fused-ring (bicyclic) bond motifs is 1. The van der Waals surface area contributed by atoms with Gasteiger partial charge in [0.05, 0.1) is 17.9 Å². The molecule has 0 radical (unpaired) electrons. The second kappa shape index (κ2) is 10.2. The van der Waals surface area contributed by atoms with Crippen molar-refractivity contribution in [2.45, 2.75) is 82.5 Å². The van der Waals surface area contributed by atoms with Gasteiger partial charge in [-0.05, 0) is 79.7 Å². The average molecular weight is 520 g/mol. The van der Waals surface area contributed by atoms with Crippen molar-refractivity contribution in [1.29, 1.82) is 0 Å². The van der Waals surface area contributed by atoms with E-state index < -0.39 is 17.7 Å². The van der Waals surface area contributed by atoms with Crippen LogP contribution in [0.4, 0.5) is 14.6 Å². The van der Waals surface area contributed by atoms with Crippen LogP contribution in [0.25, 0.3) is 5.69 Å². The molecular weight excluding hydrogens is 484 g/mol. The molecule has 1 heterocycles. The molecule has 3 fully saturated rings. The average Bonchev–Trinajstić information content (AvgIpc) is 3.31. The molecule has 7 rings (SSSR count). The first-order chi connectivity index (χ1) is 18.4. The SMILES string of the molecule is CCC[C@H](N[C@H]1CCc2cc(F)cc(F)c2C1)C(=O)Nc1cn(-c2ccccc2CNC23CC(C2)C3)cn1. The lowest BCUT2D eigenvalue weighted by Gasteiger charge is -2.62. The summed E-state index contributed by atoms with van der Waals surface area (Å²) in [6.45, 7) is 2.84. The van der Waals surface area contributed by atoms with Crippen molar-refractivity contribution in [2.75, 3.05) is 5.32 Å². The number of carbonyl (C=O) groups excluding carboxylic acids is 1. The molecule has 8 heteroatoms. The quantitative estimate of drug-likeness (QED) is 0.351. The van der Waals surface area contributed by atoms with E-state index in [1.807, 2.05) is 23.8 Å². The van der Waals surface area contributed by atoms with Crippen LogP contribution in [-0.4, -0.2) is 33.1 Å². The zero-order chi connectivity index (χ0) is 26.3. The van der Waals surface area contributed by atoms with Crippen LogP contribution < -0.4 is 16.0 Å². The molecular formula is C30H35F2N5O. The number of nitrogens with one attached hydrogen (secondary N) is 3. The highest BCUT2D eigenvalue weighted by atomic mass is 19.1. The minimum absolute atomic E-state index is 0.0530. The Labute approximate surface area is 222 Å². The zero-order valence-corrected chi connectivity index (χ0v) is 21.8. The Hall–Kier alpha value is -3.10. The Morgan fingerprint density at radius 2 is 2.03 bits per heavy atom. The van der Waals surface area contributed by atoms with Crippen molar-refractivity contribution in [1.82, 2.24) is 20.2 Å². The maximum absolute atomic E-state index is 14.4. The number of hydrogen-bond acceptors (Lipinski definition) is 4. The van der Waals surface area contributed by atoms with Gasteiger partial charge in [-0.2, -0.15) is 0 Å². The van der Waals surface area contributed by atoms with E-state index in [0.717, 1.165) is 42.6 Å². The lowest BCUT2D eigenvalue weighted by molar-refractivity contribution is -0.118. The van der Waals surface area contributed by atoms with Gasteiger partial charge in [0.15, 0.2) is 5.82 Å². The number of imidazole rings is 1. The maximum Gasteiger partial charge on any atom is 0.242 e. The summed E-state index contributed by atoms with van der Waals surface area (Å²) in [7, 11) is 0. The van der Waals surface area contributed by atoms with Crippen LogP contribution in [0.5, 0.6) is 0 Å². The second-order valence-corrected chi connectivity index (χ2v) is 11.4. The van der Waals surface area contributed by atoms with Gasteiger partial charge in [-0.25, -0.2) is 13.8 Å². The number of amides is 1. The number of aryl methyl sites for hydroxylation is 1. The van der Waals surface area contributed by atoms with Gasteiger partial charge in [0.1, 0.15) is 18.0 Å². The monoisotopic (exact) mass is 519 g/mol. The fourth-order valence-electron chi connectivity index (χ4n) is 6.41. The van der Waals surface area contributed by atoms with Gasteiger partial charge in [-0.15, -0.1) is 0 Å². The molecule has 38 heavy (non-hydrogen) atoms. The summed E-state index contributed by atoms with van der Waals surface area (Å²) >= 11 is 0. The van der Waals surface area contributed by atoms with Gasteiger partial charge in [0.2, 0.25) is 5.91 Å². The van der Waals surface area contributed by atoms with Crippen molar-refractivity contribution < 1.29 is 13.6 Å². The van der Waals surface area contributed by atoms with E-state index in [2.05, 4.69) is 39.1 Å².